The molecule has 0 saturated heterocycles. The van der Waals surface area contributed by atoms with Gasteiger partial charge >= 0.3 is 6.18 Å². The van der Waals surface area contributed by atoms with Crippen molar-refractivity contribution in [2.24, 2.45) is 0 Å². The Hall–Kier alpha value is -2.60. The first-order valence-corrected chi connectivity index (χ1v) is 12.6. The minimum Gasteiger partial charge on any atom is -0.496 e. The Morgan fingerprint density at radius 3 is 2.32 bits per heavy atom. The van der Waals surface area contributed by atoms with Gasteiger partial charge < -0.3 is 15.2 Å². The van der Waals surface area contributed by atoms with Gasteiger partial charge in [-0.3, -0.25) is 0 Å². The van der Waals surface area contributed by atoms with Crippen molar-refractivity contribution in [3.05, 3.63) is 77.2 Å². The minimum absolute atomic E-state index is 0.0142. The number of rotatable bonds is 10. The van der Waals surface area contributed by atoms with E-state index in [1.807, 2.05) is 18.2 Å². The first-order valence-electron chi connectivity index (χ1n) is 10.3. The number of methoxy groups -OCH3 is 1. The molecule has 3 aromatic rings. The number of benzene rings is 2. The highest BCUT2D eigenvalue weighted by Gasteiger charge is 2.51. The maximum absolute atomic E-state index is 13.1. The van der Waals surface area contributed by atoms with Gasteiger partial charge in [-0.1, -0.05) is 36.4 Å². The fourth-order valence-electron chi connectivity index (χ4n) is 3.30. The number of ether oxygens (including phenoxy) is 1. The molecule has 0 aliphatic rings. The van der Waals surface area contributed by atoms with E-state index in [0.717, 1.165) is 16.9 Å². The zero-order chi connectivity index (χ0) is 25.0. The van der Waals surface area contributed by atoms with Crippen molar-refractivity contribution in [2.45, 2.75) is 35.4 Å². The predicted octanol–water partition coefficient (Wildman–Crippen LogP) is 4.53. The van der Waals surface area contributed by atoms with Crippen LogP contribution in [0.5, 0.6) is 5.75 Å². The van der Waals surface area contributed by atoms with Gasteiger partial charge in [0.25, 0.3) is 0 Å². The van der Waals surface area contributed by atoms with E-state index in [9.17, 15) is 26.7 Å². The lowest BCUT2D eigenvalue weighted by molar-refractivity contribution is -0.258. The van der Waals surface area contributed by atoms with Crippen LogP contribution in [0, 0.1) is 0 Å². The molecule has 2 unspecified atom stereocenters. The molecule has 0 radical (unpaired) electrons. The van der Waals surface area contributed by atoms with Crippen molar-refractivity contribution in [3.63, 3.8) is 0 Å². The van der Waals surface area contributed by atoms with Gasteiger partial charge in [-0.25, -0.2) is 13.1 Å². The summed E-state index contributed by atoms with van der Waals surface area (Å²) in [6.45, 7) is 0.708. The molecule has 6 nitrogen and oxygen atoms in total. The summed E-state index contributed by atoms with van der Waals surface area (Å²) >= 11 is 1.09. The Bertz CT molecular complexity index is 1180. The smallest absolute Gasteiger partial charge is 0.421 e. The van der Waals surface area contributed by atoms with Gasteiger partial charge in [0.05, 0.1) is 7.11 Å². The van der Waals surface area contributed by atoms with E-state index in [1.165, 1.54) is 37.4 Å². The maximum atomic E-state index is 13.1. The van der Waals surface area contributed by atoms with Gasteiger partial charge in [0.2, 0.25) is 10.0 Å². The van der Waals surface area contributed by atoms with Crippen molar-refractivity contribution < 1.29 is 31.4 Å². The fraction of sp³-hybridized carbons (Fsp3) is 0.304. The van der Waals surface area contributed by atoms with Gasteiger partial charge in [0, 0.05) is 18.3 Å². The summed E-state index contributed by atoms with van der Waals surface area (Å²) in [5.74, 6) is 0.631. The van der Waals surface area contributed by atoms with E-state index in [0.29, 0.717) is 24.8 Å². The Morgan fingerprint density at radius 1 is 1.06 bits per heavy atom. The molecule has 0 spiro atoms. The molecular weight excluding hydrogens is 489 g/mol. The summed E-state index contributed by atoms with van der Waals surface area (Å²) in [5, 5.41) is 14.7. The number of sulfonamides is 1. The summed E-state index contributed by atoms with van der Waals surface area (Å²) < 4.78 is 72.7. The number of anilines is 1. The number of hydrogen-bond acceptors (Lipinski definition) is 6. The van der Waals surface area contributed by atoms with E-state index in [-0.39, 0.29) is 16.3 Å². The van der Waals surface area contributed by atoms with Gasteiger partial charge in [0.15, 0.2) is 5.60 Å². The topological polar surface area (TPSA) is 87.7 Å². The standard InChI is InChI=1S/C23H25F3N2O4S2/c1-22(29,23(24,25)26)17-9-11-18(12-10-17)28-19(14-16-6-3-4-7-20(16)32-2)15-27-34(30,31)21-8-5-13-33-21/h3-13,19,27-29H,14-15H2,1-2H3. The number of thiophene rings is 1. The van der Waals surface area contributed by atoms with Gasteiger partial charge in [0.1, 0.15) is 9.96 Å². The third-order valence-electron chi connectivity index (χ3n) is 5.31. The zero-order valence-electron chi connectivity index (χ0n) is 18.5. The van der Waals surface area contributed by atoms with Crippen LogP contribution < -0.4 is 14.8 Å². The summed E-state index contributed by atoms with van der Waals surface area (Å²) in [5.41, 5.74) is -1.99. The van der Waals surface area contributed by atoms with Crippen molar-refractivity contribution in [1.82, 2.24) is 4.72 Å². The van der Waals surface area contributed by atoms with Crippen LogP contribution in [0.15, 0.2) is 70.3 Å². The van der Waals surface area contributed by atoms with E-state index < -0.39 is 27.8 Å². The number of hydrogen-bond donors (Lipinski definition) is 3. The molecule has 0 aliphatic carbocycles. The van der Waals surface area contributed by atoms with Crippen LogP contribution >= 0.6 is 11.3 Å². The van der Waals surface area contributed by atoms with E-state index in [1.54, 1.807) is 17.5 Å². The molecule has 3 N–H and O–H groups in total. The maximum Gasteiger partial charge on any atom is 0.421 e. The summed E-state index contributed by atoms with van der Waals surface area (Å²) in [6, 6.07) is 15.2. The lowest BCUT2D eigenvalue weighted by atomic mass is 9.95. The minimum atomic E-state index is -4.82. The number of nitrogens with one attached hydrogen (secondary N) is 2. The van der Waals surface area contributed by atoms with Crippen LogP contribution in [0.2, 0.25) is 0 Å². The molecule has 34 heavy (non-hydrogen) atoms. The number of para-hydroxylation sites is 1. The van der Waals surface area contributed by atoms with Crippen molar-refractivity contribution in [1.29, 1.82) is 0 Å². The van der Waals surface area contributed by atoms with Crippen LogP contribution in [0.1, 0.15) is 18.1 Å². The van der Waals surface area contributed by atoms with Crippen LogP contribution in [0.3, 0.4) is 0 Å². The molecule has 0 fully saturated rings. The molecule has 0 bridgehead atoms. The number of aliphatic hydroxyl groups is 1. The second-order valence-electron chi connectivity index (χ2n) is 7.79. The normalized spacial score (nSPS) is 14.9. The first kappa shape index (κ1) is 26.0. The zero-order valence-corrected chi connectivity index (χ0v) is 20.1. The van der Waals surface area contributed by atoms with Gasteiger partial charge in [-0.15, -0.1) is 11.3 Å². The Labute approximate surface area is 200 Å². The molecular formula is C23H25F3N2O4S2. The highest BCUT2D eigenvalue weighted by Crippen LogP contribution is 2.38. The SMILES string of the molecule is COc1ccccc1CC(CNS(=O)(=O)c1cccs1)Nc1ccc(C(C)(O)C(F)(F)F)cc1. The van der Waals surface area contributed by atoms with Gasteiger partial charge in [-0.05, 0) is 54.1 Å². The Kier molecular flexibility index (Phi) is 7.91. The second-order valence-corrected chi connectivity index (χ2v) is 10.7. The lowest BCUT2D eigenvalue weighted by Gasteiger charge is -2.27. The Morgan fingerprint density at radius 2 is 1.74 bits per heavy atom. The quantitative estimate of drug-likeness (QED) is 0.370. The van der Waals surface area contributed by atoms with E-state index in [4.69, 9.17) is 4.74 Å². The van der Waals surface area contributed by atoms with Gasteiger partial charge in [-0.2, -0.15) is 13.2 Å². The highest BCUT2D eigenvalue weighted by molar-refractivity contribution is 7.91. The third-order valence-corrected chi connectivity index (χ3v) is 8.13. The average molecular weight is 515 g/mol. The molecule has 184 valence electrons. The molecule has 2 aromatic carbocycles. The molecule has 11 heteroatoms. The van der Waals surface area contributed by atoms with Crippen LogP contribution in [-0.2, 0) is 22.0 Å². The van der Waals surface area contributed by atoms with Crippen LogP contribution in [0.4, 0.5) is 18.9 Å². The fourth-order valence-corrected chi connectivity index (χ4v) is 5.42. The van der Waals surface area contributed by atoms with Crippen molar-refractivity contribution in [3.8, 4) is 5.75 Å². The summed E-state index contributed by atoms with van der Waals surface area (Å²) in [6.07, 6.45) is -4.45. The molecule has 3 rings (SSSR count). The van der Waals surface area contributed by atoms with E-state index in [2.05, 4.69) is 10.0 Å². The molecule has 0 amide bonds. The Balaban J connectivity index is 1.82. The second kappa shape index (κ2) is 10.3. The monoisotopic (exact) mass is 514 g/mol. The molecule has 2 atom stereocenters. The highest BCUT2D eigenvalue weighted by atomic mass is 32.2. The largest absolute Gasteiger partial charge is 0.496 e. The summed E-state index contributed by atoms with van der Waals surface area (Å²) in [4.78, 5) is 0. The lowest BCUT2D eigenvalue weighted by Crippen LogP contribution is -2.39. The van der Waals surface area contributed by atoms with Crippen LogP contribution in [0.25, 0.3) is 0 Å². The van der Waals surface area contributed by atoms with Crippen LogP contribution in [-0.4, -0.2) is 39.4 Å². The molecule has 1 aromatic heterocycles. The number of halogens is 3. The number of alkyl halides is 3. The average Bonchev–Trinajstić information content (AvgIpc) is 3.34. The first-order chi connectivity index (χ1) is 15.9. The molecule has 1 heterocycles. The summed E-state index contributed by atoms with van der Waals surface area (Å²) in [7, 11) is -2.18. The van der Waals surface area contributed by atoms with Crippen molar-refractivity contribution in [2.75, 3.05) is 19.0 Å². The van der Waals surface area contributed by atoms with E-state index >= 15 is 0 Å². The van der Waals surface area contributed by atoms with Crippen molar-refractivity contribution >= 4 is 27.0 Å². The predicted molar refractivity (Wildman–Crippen MR) is 126 cm³/mol. The third kappa shape index (κ3) is 6.09. The molecule has 0 saturated carbocycles. The molecule has 0 aliphatic heterocycles.